The number of alkyl halides is 5. The number of amides is 1. The average Bonchev–Trinajstić information content (AvgIpc) is 2.78. The van der Waals surface area contributed by atoms with Gasteiger partial charge in [-0.25, -0.2) is 23.7 Å². The van der Waals surface area contributed by atoms with Crippen molar-refractivity contribution in [3.05, 3.63) is 41.6 Å². The van der Waals surface area contributed by atoms with Crippen LogP contribution in [0.15, 0.2) is 29.6 Å². The molecule has 35 heavy (non-hydrogen) atoms. The molecule has 0 radical (unpaired) electrons. The number of carbonyl (C=O) groups excluding carboxylic acids is 1. The van der Waals surface area contributed by atoms with Gasteiger partial charge < -0.3 is 15.6 Å². The fourth-order valence-electron chi connectivity index (χ4n) is 3.74. The number of aromatic nitrogens is 3. The summed E-state index contributed by atoms with van der Waals surface area (Å²) >= 11 is 0. The van der Waals surface area contributed by atoms with Gasteiger partial charge >= 0.3 is 6.18 Å². The number of aryl methyl sites for hydroxylation is 1. The summed E-state index contributed by atoms with van der Waals surface area (Å²) in [5, 5.41) is 13.5. The predicted molar refractivity (Wildman–Crippen MR) is 119 cm³/mol. The van der Waals surface area contributed by atoms with Gasteiger partial charge in [0, 0.05) is 24.9 Å². The number of hydrazone groups is 1. The molecule has 0 bridgehead atoms. The highest BCUT2D eigenvalue weighted by atomic mass is 19.4. The first-order valence-corrected chi connectivity index (χ1v) is 10.5. The van der Waals surface area contributed by atoms with Crippen molar-refractivity contribution in [1.29, 1.82) is 5.41 Å². The van der Waals surface area contributed by atoms with Crippen LogP contribution in [0.25, 0.3) is 0 Å². The fourth-order valence-corrected chi connectivity index (χ4v) is 3.74. The normalized spacial score (nSPS) is 20.0. The van der Waals surface area contributed by atoms with Gasteiger partial charge in [0.25, 0.3) is 11.8 Å². The molecule has 14 heteroatoms. The zero-order valence-electron chi connectivity index (χ0n) is 18.8. The Labute approximate surface area is 197 Å². The van der Waals surface area contributed by atoms with Crippen molar-refractivity contribution >= 4 is 29.8 Å². The summed E-state index contributed by atoms with van der Waals surface area (Å²) in [5.74, 6) is -4.56. The van der Waals surface area contributed by atoms with Gasteiger partial charge in [0.1, 0.15) is 5.82 Å². The molecule has 2 atom stereocenters. The molecule has 3 N–H and O–H groups in total. The maximum Gasteiger partial charge on any atom is 0.434 e. The van der Waals surface area contributed by atoms with E-state index in [2.05, 4.69) is 30.8 Å². The smallest absolute Gasteiger partial charge is 0.367 e. The third-order valence-electron chi connectivity index (χ3n) is 5.35. The molecule has 0 unspecified atom stereocenters. The first-order chi connectivity index (χ1) is 16.4. The monoisotopic (exact) mass is 498 g/mol. The zero-order chi connectivity index (χ0) is 25.8. The van der Waals surface area contributed by atoms with Crippen molar-refractivity contribution in [2.75, 3.05) is 23.8 Å². The molecular formula is C21H23F5N8O. The number of rotatable bonds is 7. The zero-order valence-corrected chi connectivity index (χ0v) is 18.8. The van der Waals surface area contributed by atoms with Crippen LogP contribution in [0, 0.1) is 18.3 Å². The molecule has 3 rings (SSSR count). The van der Waals surface area contributed by atoms with E-state index in [1.54, 1.807) is 19.9 Å². The number of hydrogen-bond donors (Lipinski definition) is 3. The molecule has 1 aliphatic rings. The van der Waals surface area contributed by atoms with E-state index in [9.17, 15) is 26.7 Å². The minimum Gasteiger partial charge on any atom is -0.367 e. The highest BCUT2D eigenvalue weighted by Crippen LogP contribution is 2.36. The summed E-state index contributed by atoms with van der Waals surface area (Å²) in [4.78, 5) is 25.6. The van der Waals surface area contributed by atoms with Crippen molar-refractivity contribution < 1.29 is 26.7 Å². The minimum atomic E-state index is -4.65. The summed E-state index contributed by atoms with van der Waals surface area (Å²) < 4.78 is 67.1. The Morgan fingerprint density at radius 1 is 1.31 bits per heavy atom. The number of carbonyl (C=O) groups is 1. The molecule has 1 amide bonds. The molecule has 0 saturated carbocycles. The summed E-state index contributed by atoms with van der Waals surface area (Å²) in [6.07, 6.45) is -1.63. The van der Waals surface area contributed by atoms with Gasteiger partial charge in [-0.3, -0.25) is 10.2 Å². The van der Waals surface area contributed by atoms with E-state index in [0.29, 0.717) is 11.9 Å². The van der Waals surface area contributed by atoms with Crippen LogP contribution in [0.4, 0.5) is 33.5 Å². The first-order valence-electron chi connectivity index (χ1n) is 10.5. The summed E-state index contributed by atoms with van der Waals surface area (Å²) in [5.41, 5.74) is 1.93. The second-order valence-corrected chi connectivity index (χ2v) is 8.11. The van der Waals surface area contributed by atoms with E-state index >= 15 is 0 Å². The van der Waals surface area contributed by atoms with Gasteiger partial charge in [-0.05, 0) is 25.0 Å². The molecule has 1 aliphatic heterocycles. The Balaban J connectivity index is 1.86. The minimum absolute atomic E-state index is 0.00644. The van der Waals surface area contributed by atoms with Crippen LogP contribution >= 0.6 is 0 Å². The van der Waals surface area contributed by atoms with Crippen LogP contribution in [0.3, 0.4) is 0 Å². The van der Waals surface area contributed by atoms with Crippen LogP contribution < -0.4 is 10.7 Å². The Kier molecular flexibility index (Phi) is 7.60. The van der Waals surface area contributed by atoms with Gasteiger partial charge in [0.05, 0.1) is 36.9 Å². The van der Waals surface area contributed by atoms with Gasteiger partial charge in [0.2, 0.25) is 0 Å². The van der Waals surface area contributed by atoms with Gasteiger partial charge in [0.15, 0.2) is 11.4 Å². The Morgan fingerprint density at radius 2 is 2.06 bits per heavy atom. The molecular weight excluding hydrogens is 475 g/mol. The number of anilines is 2. The maximum absolute atomic E-state index is 14.5. The molecule has 0 aromatic carbocycles. The second kappa shape index (κ2) is 10.3. The number of nitrogens with zero attached hydrogens (tertiary/aromatic N) is 5. The van der Waals surface area contributed by atoms with Crippen LogP contribution in [0.1, 0.15) is 35.2 Å². The van der Waals surface area contributed by atoms with Crippen LogP contribution in [0.5, 0.6) is 0 Å². The number of piperidine rings is 1. The van der Waals surface area contributed by atoms with Crippen LogP contribution in [0.2, 0.25) is 0 Å². The Hall–Kier alpha value is -3.71. The Bertz CT molecular complexity index is 1090. The number of hydrogen-bond acceptors (Lipinski definition) is 8. The molecule has 2 aromatic heterocycles. The molecule has 2 aromatic rings. The van der Waals surface area contributed by atoms with E-state index < -0.39 is 48.6 Å². The van der Waals surface area contributed by atoms with Crippen molar-refractivity contribution in [3.63, 3.8) is 0 Å². The van der Waals surface area contributed by atoms with Crippen molar-refractivity contribution in [2.24, 2.45) is 11.0 Å². The summed E-state index contributed by atoms with van der Waals surface area (Å²) in [6.45, 7) is 2.29. The van der Waals surface area contributed by atoms with Gasteiger partial charge in [-0.1, -0.05) is 6.92 Å². The predicted octanol–water partition coefficient (Wildman–Crippen LogP) is 3.84. The lowest BCUT2D eigenvalue weighted by Crippen LogP contribution is -2.57. The quantitative estimate of drug-likeness (QED) is 0.303. The highest BCUT2D eigenvalue weighted by Gasteiger charge is 2.46. The third-order valence-corrected chi connectivity index (χ3v) is 5.35. The molecule has 1 fully saturated rings. The largest absolute Gasteiger partial charge is 0.434 e. The van der Waals surface area contributed by atoms with Crippen molar-refractivity contribution in [1.82, 2.24) is 19.9 Å². The Morgan fingerprint density at radius 3 is 2.69 bits per heavy atom. The number of pyridine rings is 1. The second-order valence-electron chi connectivity index (χ2n) is 8.11. The average molecular weight is 498 g/mol. The number of halogens is 5. The van der Waals surface area contributed by atoms with E-state index in [4.69, 9.17) is 5.41 Å². The van der Waals surface area contributed by atoms with Crippen molar-refractivity contribution in [2.45, 2.75) is 38.4 Å². The van der Waals surface area contributed by atoms with E-state index in [1.807, 2.05) is 0 Å². The number of likely N-dealkylation sites (tertiary alicyclic amines) is 1. The standard InChI is InChI=1S/C21H23F5N8O/c1-12-7-20(22,23)11-34(15(12)8-29-17-10-28-16(9-30-17)21(24,25)26)19(35)18-14(33-31-6-5-27)4-3-13(2)32-18/h3-6,9-10,12,15,27,33H,7-8,11H2,1-2H3,(H,29,30)/b27-5?,31-6-/t12-,15-/m1/s1. The fraction of sp³-hybridized carbons (Fsp3) is 0.429. The van der Waals surface area contributed by atoms with Crippen LogP contribution in [-0.4, -0.2) is 63.2 Å². The molecule has 1 saturated heterocycles. The summed E-state index contributed by atoms with van der Waals surface area (Å²) in [7, 11) is 0. The lowest BCUT2D eigenvalue weighted by Gasteiger charge is -2.43. The highest BCUT2D eigenvalue weighted by molar-refractivity contribution is 6.14. The third kappa shape index (κ3) is 6.45. The lowest BCUT2D eigenvalue weighted by atomic mass is 9.88. The lowest BCUT2D eigenvalue weighted by molar-refractivity contribution is -0.141. The number of nitrogens with one attached hydrogen (secondary N) is 3. The molecule has 9 nitrogen and oxygen atoms in total. The first kappa shape index (κ1) is 25.9. The van der Waals surface area contributed by atoms with Gasteiger partial charge in [-0.2, -0.15) is 18.3 Å². The summed E-state index contributed by atoms with van der Waals surface area (Å²) in [6, 6.07) is 2.38. The van der Waals surface area contributed by atoms with Crippen LogP contribution in [-0.2, 0) is 6.18 Å². The van der Waals surface area contributed by atoms with Gasteiger partial charge in [-0.15, -0.1) is 0 Å². The van der Waals surface area contributed by atoms with E-state index in [0.717, 1.165) is 23.5 Å². The molecule has 0 aliphatic carbocycles. The SMILES string of the molecule is Cc1ccc(N/N=C\C=N)c(C(=O)N2CC(F)(F)C[C@@H](C)[C@H]2CNc2cnc(C(F)(F)F)cn2)n1. The molecule has 188 valence electrons. The van der Waals surface area contributed by atoms with E-state index in [1.165, 1.54) is 6.07 Å². The maximum atomic E-state index is 14.5. The topological polar surface area (TPSA) is 119 Å². The molecule has 0 spiro atoms. The van der Waals surface area contributed by atoms with Crippen molar-refractivity contribution in [3.8, 4) is 0 Å². The molecule has 3 heterocycles. The van der Waals surface area contributed by atoms with E-state index in [-0.39, 0.29) is 23.7 Å².